The summed E-state index contributed by atoms with van der Waals surface area (Å²) in [5.41, 5.74) is 7.65. The number of aryl methyl sites for hydroxylation is 2. The van der Waals surface area contributed by atoms with E-state index in [-0.39, 0.29) is 0 Å². The molecule has 2 nitrogen and oxygen atoms in total. The van der Waals surface area contributed by atoms with Crippen molar-refractivity contribution in [1.82, 2.24) is 9.61 Å². The van der Waals surface area contributed by atoms with E-state index in [1.54, 1.807) is 0 Å². The predicted molar refractivity (Wildman–Crippen MR) is 86.7 cm³/mol. The lowest BCUT2D eigenvalue weighted by atomic mass is 9.79. The number of rotatable bonds is 2. The van der Waals surface area contributed by atoms with Gasteiger partial charge in [-0.05, 0) is 44.7 Å². The summed E-state index contributed by atoms with van der Waals surface area (Å²) in [7, 11) is 0. The molecule has 2 heterocycles. The quantitative estimate of drug-likeness (QED) is 0.651. The van der Waals surface area contributed by atoms with Crippen LogP contribution in [0, 0.1) is 13.8 Å². The van der Waals surface area contributed by atoms with Gasteiger partial charge < -0.3 is 0 Å². The molecule has 0 unspecified atom stereocenters. The first-order chi connectivity index (χ1) is 10.2. The molecule has 0 bridgehead atoms. The fourth-order valence-electron chi connectivity index (χ4n) is 3.35. The number of pyridine rings is 1. The average Bonchev–Trinajstić information content (AvgIpc) is 2.75. The van der Waals surface area contributed by atoms with Crippen molar-refractivity contribution < 1.29 is 0 Å². The van der Waals surface area contributed by atoms with Gasteiger partial charge in [0, 0.05) is 11.1 Å². The molecule has 2 heteroatoms. The summed E-state index contributed by atoms with van der Waals surface area (Å²) in [5, 5.41) is 4.83. The monoisotopic (exact) mass is 276 g/mol. The molecule has 1 aliphatic carbocycles. The Morgan fingerprint density at radius 2 is 1.76 bits per heavy atom. The number of benzene rings is 1. The Kier molecular flexibility index (Phi) is 2.85. The van der Waals surface area contributed by atoms with Crippen LogP contribution in [0.15, 0.2) is 42.5 Å². The van der Waals surface area contributed by atoms with Crippen molar-refractivity contribution in [2.24, 2.45) is 0 Å². The minimum atomic E-state index is 0.718. The molecule has 0 saturated heterocycles. The summed E-state index contributed by atoms with van der Waals surface area (Å²) in [6.45, 7) is 4.27. The van der Waals surface area contributed by atoms with E-state index < -0.39 is 0 Å². The van der Waals surface area contributed by atoms with Crippen molar-refractivity contribution in [3.8, 4) is 11.3 Å². The summed E-state index contributed by atoms with van der Waals surface area (Å²) in [6, 6.07) is 15.2. The molecule has 1 aromatic carbocycles. The minimum Gasteiger partial charge on any atom is -0.233 e. The zero-order valence-electron chi connectivity index (χ0n) is 12.6. The van der Waals surface area contributed by atoms with Gasteiger partial charge in [-0.25, -0.2) is 4.52 Å². The molecule has 2 aromatic heterocycles. The molecule has 0 radical (unpaired) electrons. The molecule has 1 aliphatic rings. The highest BCUT2D eigenvalue weighted by Gasteiger charge is 2.25. The van der Waals surface area contributed by atoms with Gasteiger partial charge in [0.05, 0.1) is 16.9 Å². The van der Waals surface area contributed by atoms with Crippen LogP contribution in [-0.4, -0.2) is 9.61 Å². The molecular weight excluding hydrogens is 256 g/mol. The zero-order valence-corrected chi connectivity index (χ0v) is 12.6. The van der Waals surface area contributed by atoms with E-state index in [4.69, 9.17) is 5.10 Å². The highest BCUT2D eigenvalue weighted by molar-refractivity contribution is 5.68. The van der Waals surface area contributed by atoms with Crippen molar-refractivity contribution in [2.45, 2.75) is 39.0 Å². The molecule has 0 N–H and O–H groups in total. The third-order valence-electron chi connectivity index (χ3n) is 4.74. The Balaban J connectivity index is 1.92. The van der Waals surface area contributed by atoms with E-state index >= 15 is 0 Å². The molecule has 3 aromatic rings. The van der Waals surface area contributed by atoms with Crippen LogP contribution in [0.2, 0.25) is 0 Å². The molecular formula is C19H20N2. The van der Waals surface area contributed by atoms with Crippen molar-refractivity contribution in [2.75, 3.05) is 0 Å². The van der Waals surface area contributed by atoms with Gasteiger partial charge in [-0.2, -0.15) is 5.10 Å². The van der Waals surface area contributed by atoms with Gasteiger partial charge in [0.1, 0.15) is 0 Å². The maximum Gasteiger partial charge on any atom is 0.0725 e. The fourth-order valence-corrected chi connectivity index (χ4v) is 3.35. The van der Waals surface area contributed by atoms with Crippen LogP contribution in [0.5, 0.6) is 0 Å². The SMILES string of the molecule is Cc1ccc(-c2cccc3c(C4CCC4)c(C)nn23)cc1. The van der Waals surface area contributed by atoms with Gasteiger partial charge in [0.2, 0.25) is 0 Å². The number of hydrogen-bond donors (Lipinski definition) is 0. The van der Waals surface area contributed by atoms with Gasteiger partial charge in [0.15, 0.2) is 0 Å². The molecule has 21 heavy (non-hydrogen) atoms. The summed E-state index contributed by atoms with van der Waals surface area (Å²) < 4.78 is 2.13. The zero-order chi connectivity index (χ0) is 14.4. The van der Waals surface area contributed by atoms with E-state index in [2.05, 4.69) is 60.8 Å². The summed E-state index contributed by atoms with van der Waals surface area (Å²) in [6.07, 6.45) is 3.99. The van der Waals surface area contributed by atoms with Crippen LogP contribution in [0.25, 0.3) is 16.8 Å². The summed E-state index contributed by atoms with van der Waals surface area (Å²) in [5.74, 6) is 0.718. The van der Waals surface area contributed by atoms with Crippen molar-refractivity contribution in [3.05, 3.63) is 59.3 Å². The number of nitrogens with zero attached hydrogens (tertiary/aromatic N) is 2. The van der Waals surface area contributed by atoms with E-state index in [1.807, 2.05) is 0 Å². The topological polar surface area (TPSA) is 17.3 Å². The maximum atomic E-state index is 4.83. The van der Waals surface area contributed by atoms with E-state index in [0.717, 1.165) is 5.92 Å². The van der Waals surface area contributed by atoms with Crippen LogP contribution < -0.4 is 0 Å². The van der Waals surface area contributed by atoms with Crippen LogP contribution in [-0.2, 0) is 0 Å². The molecule has 0 spiro atoms. The Hall–Kier alpha value is -2.09. The highest BCUT2D eigenvalue weighted by atomic mass is 15.2. The number of fused-ring (bicyclic) bond motifs is 1. The molecule has 1 saturated carbocycles. The Bertz CT molecular complexity index is 792. The first-order valence-electron chi connectivity index (χ1n) is 7.79. The lowest BCUT2D eigenvalue weighted by molar-refractivity contribution is 0.420. The van der Waals surface area contributed by atoms with Gasteiger partial charge in [-0.1, -0.05) is 42.3 Å². The molecule has 4 rings (SSSR count). The standard InChI is InChI=1S/C19H20N2/c1-13-9-11-15(12-10-13)17-7-4-8-18-19(16-5-3-6-16)14(2)20-21(17)18/h4,7-12,16H,3,5-6H2,1-2H3. The smallest absolute Gasteiger partial charge is 0.0725 e. The van der Waals surface area contributed by atoms with Gasteiger partial charge >= 0.3 is 0 Å². The molecule has 1 fully saturated rings. The third-order valence-corrected chi connectivity index (χ3v) is 4.74. The number of aromatic nitrogens is 2. The van der Waals surface area contributed by atoms with Gasteiger partial charge in [0.25, 0.3) is 0 Å². The third kappa shape index (κ3) is 1.98. The van der Waals surface area contributed by atoms with E-state index in [0.29, 0.717) is 0 Å². The largest absolute Gasteiger partial charge is 0.233 e. The first-order valence-corrected chi connectivity index (χ1v) is 7.79. The minimum absolute atomic E-state index is 0.718. The second-order valence-corrected chi connectivity index (χ2v) is 6.20. The first kappa shape index (κ1) is 12.6. The Morgan fingerprint density at radius 3 is 2.43 bits per heavy atom. The van der Waals surface area contributed by atoms with Crippen molar-refractivity contribution >= 4 is 5.52 Å². The predicted octanol–water partition coefficient (Wildman–Crippen LogP) is 4.89. The average molecular weight is 276 g/mol. The molecule has 0 atom stereocenters. The molecule has 0 amide bonds. The van der Waals surface area contributed by atoms with E-state index in [1.165, 1.54) is 52.9 Å². The maximum absolute atomic E-state index is 4.83. The second kappa shape index (κ2) is 4.73. The Labute approximate surface area is 125 Å². The van der Waals surface area contributed by atoms with Crippen molar-refractivity contribution in [3.63, 3.8) is 0 Å². The van der Waals surface area contributed by atoms with Crippen LogP contribution >= 0.6 is 0 Å². The number of hydrogen-bond acceptors (Lipinski definition) is 1. The highest BCUT2D eigenvalue weighted by Crippen LogP contribution is 2.40. The summed E-state index contributed by atoms with van der Waals surface area (Å²) in [4.78, 5) is 0. The second-order valence-electron chi connectivity index (χ2n) is 6.20. The Morgan fingerprint density at radius 1 is 1.00 bits per heavy atom. The summed E-state index contributed by atoms with van der Waals surface area (Å²) >= 11 is 0. The van der Waals surface area contributed by atoms with Gasteiger partial charge in [-0.15, -0.1) is 0 Å². The lowest BCUT2D eigenvalue weighted by Gasteiger charge is -2.25. The fraction of sp³-hybridized carbons (Fsp3) is 0.316. The van der Waals surface area contributed by atoms with Crippen molar-refractivity contribution in [1.29, 1.82) is 0 Å². The van der Waals surface area contributed by atoms with Crippen LogP contribution in [0.3, 0.4) is 0 Å². The van der Waals surface area contributed by atoms with Gasteiger partial charge in [-0.3, -0.25) is 0 Å². The lowest BCUT2D eigenvalue weighted by Crippen LogP contribution is -2.09. The van der Waals surface area contributed by atoms with E-state index in [9.17, 15) is 0 Å². The molecule has 106 valence electrons. The van der Waals surface area contributed by atoms with Crippen LogP contribution in [0.1, 0.15) is 42.0 Å². The molecule has 0 aliphatic heterocycles. The normalized spacial score (nSPS) is 15.3. The van der Waals surface area contributed by atoms with Crippen LogP contribution in [0.4, 0.5) is 0 Å².